The van der Waals surface area contributed by atoms with Crippen molar-refractivity contribution in [3.05, 3.63) is 23.8 Å². The van der Waals surface area contributed by atoms with Gasteiger partial charge in [-0.05, 0) is 43.9 Å². The van der Waals surface area contributed by atoms with E-state index in [9.17, 15) is 0 Å². The highest BCUT2D eigenvalue weighted by Crippen LogP contribution is 2.32. The van der Waals surface area contributed by atoms with E-state index in [0.29, 0.717) is 25.3 Å². The van der Waals surface area contributed by atoms with Crippen molar-refractivity contribution in [1.82, 2.24) is 5.32 Å². The van der Waals surface area contributed by atoms with Gasteiger partial charge in [-0.25, -0.2) is 0 Å². The molecule has 1 heterocycles. The van der Waals surface area contributed by atoms with Gasteiger partial charge in [-0.2, -0.15) is 0 Å². The molecule has 0 radical (unpaired) electrons. The molecule has 20 heavy (non-hydrogen) atoms. The van der Waals surface area contributed by atoms with Crippen LogP contribution in [0.1, 0.15) is 52.1 Å². The Labute approximate surface area is 122 Å². The second-order valence-electron chi connectivity index (χ2n) is 5.94. The molecule has 1 aliphatic heterocycles. The summed E-state index contributed by atoms with van der Waals surface area (Å²) in [4.78, 5) is 0. The minimum Gasteiger partial charge on any atom is -0.486 e. The van der Waals surface area contributed by atoms with Crippen molar-refractivity contribution in [2.24, 2.45) is 5.92 Å². The fourth-order valence-electron chi connectivity index (χ4n) is 2.69. The quantitative estimate of drug-likeness (QED) is 0.854. The Kier molecular flexibility index (Phi) is 5.30. The molecule has 3 nitrogen and oxygen atoms in total. The highest BCUT2D eigenvalue weighted by Gasteiger charge is 2.16. The Morgan fingerprint density at radius 1 is 1.10 bits per heavy atom. The third-order valence-corrected chi connectivity index (χ3v) is 4.05. The first-order valence-electron chi connectivity index (χ1n) is 7.75. The number of rotatable bonds is 6. The SMILES string of the molecule is CCC(C)CC(C)NC(C)c1ccc2c(c1)OCCO2. The normalized spacial score (nSPS) is 18.4. The smallest absolute Gasteiger partial charge is 0.161 e. The zero-order chi connectivity index (χ0) is 14.5. The Morgan fingerprint density at radius 3 is 2.50 bits per heavy atom. The molecule has 3 atom stereocenters. The maximum atomic E-state index is 5.65. The molecular formula is C17H27NO2. The van der Waals surface area contributed by atoms with E-state index < -0.39 is 0 Å². The predicted molar refractivity (Wildman–Crippen MR) is 82.5 cm³/mol. The van der Waals surface area contributed by atoms with Gasteiger partial charge in [-0.3, -0.25) is 0 Å². The lowest BCUT2D eigenvalue weighted by Crippen LogP contribution is -2.30. The number of hydrogen-bond donors (Lipinski definition) is 1. The lowest BCUT2D eigenvalue weighted by Gasteiger charge is -2.24. The zero-order valence-electron chi connectivity index (χ0n) is 13.1. The van der Waals surface area contributed by atoms with Crippen LogP contribution in [0.25, 0.3) is 0 Å². The molecule has 0 saturated carbocycles. The van der Waals surface area contributed by atoms with E-state index in [-0.39, 0.29) is 0 Å². The minimum absolute atomic E-state index is 0.324. The topological polar surface area (TPSA) is 30.5 Å². The van der Waals surface area contributed by atoms with Crippen LogP contribution in [-0.4, -0.2) is 19.3 Å². The van der Waals surface area contributed by atoms with Gasteiger partial charge in [0.05, 0.1) is 0 Å². The number of benzene rings is 1. The monoisotopic (exact) mass is 277 g/mol. The summed E-state index contributed by atoms with van der Waals surface area (Å²) in [5.74, 6) is 2.50. The van der Waals surface area contributed by atoms with Gasteiger partial charge in [0, 0.05) is 12.1 Å². The number of nitrogens with one attached hydrogen (secondary N) is 1. The molecule has 3 heteroatoms. The van der Waals surface area contributed by atoms with Crippen molar-refractivity contribution >= 4 is 0 Å². The van der Waals surface area contributed by atoms with Crippen molar-refractivity contribution in [2.75, 3.05) is 13.2 Å². The van der Waals surface area contributed by atoms with E-state index in [1.54, 1.807) is 0 Å². The molecule has 0 amide bonds. The second-order valence-corrected chi connectivity index (χ2v) is 5.94. The van der Waals surface area contributed by atoms with Gasteiger partial charge in [0.1, 0.15) is 13.2 Å². The van der Waals surface area contributed by atoms with Crippen LogP contribution < -0.4 is 14.8 Å². The summed E-state index contributed by atoms with van der Waals surface area (Å²) in [6, 6.07) is 7.09. The summed E-state index contributed by atoms with van der Waals surface area (Å²) < 4.78 is 11.2. The first kappa shape index (κ1) is 15.2. The molecule has 3 unspecified atom stereocenters. The van der Waals surface area contributed by atoms with Crippen LogP contribution in [0.5, 0.6) is 11.5 Å². The first-order chi connectivity index (χ1) is 9.60. The van der Waals surface area contributed by atoms with Crippen LogP contribution >= 0.6 is 0 Å². The molecular weight excluding hydrogens is 250 g/mol. The second kappa shape index (κ2) is 6.98. The molecule has 1 N–H and O–H groups in total. The fraction of sp³-hybridized carbons (Fsp3) is 0.647. The van der Waals surface area contributed by atoms with Gasteiger partial charge >= 0.3 is 0 Å². The van der Waals surface area contributed by atoms with Crippen LogP contribution in [0.15, 0.2) is 18.2 Å². The third kappa shape index (κ3) is 3.89. The van der Waals surface area contributed by atoms with Gasteiger partial charge < -0.3 is 14.8 Å². The van der Waals surface area contributed by atoms with Gasteiger partial charge in [-0.1, -0.05) is 26.3 Å². The minimum atomic E-state index is 0.324. The third-order valence-electron chi connectivity index (χ3n) is 4.05. The maximum absolute atomic E-state index is 5.65. The standard InChI is InChI=1S/C17H27NO2/c1-5-12(2)10-13(3)18-14(4)15-6-7-16-17(11-15)20-9-8-19-16/h6-7,11-14,18H,5,8-10H2,1-4H3. The molecule has 0 fully saturated rings. The van der Waals surface area contributed by atoms with E-state index in [4.69, 9.17) is 9.47 Å². The van der Waals surface area contributed by atoms with Crippen LogP contribution in [0.4, 0.5) is 0 Å². The van der Waals surface area contributed by atoms with Crippen LogP contribution in [0, 0.1) is 5.92 Å². The van der Waals surface area contributed by atoms with Gasteiger partial charge in [0.2, 0.25) is 0 Å². The van der Waals surface area contributed by atoms with Crippen molar-refractivity contribution in [1.29, 1.82) is 0 Å². The van der Waals surface area contributed by atoms with E-state index in [1.165, 1.54) is 18.4 Å². The summed E-state index contributed by atoms with van der Waals surface area (Å²) in [6.07, 6.45) is 2.45. The van der Waals surface area contributed by atoms with Gasteiger partial charge in [0.15, 0.2) is 11.5 Å². The summed E-state index contributed by atoms with van der Waals surface area (Å²) in [5, 5.41) is 3.67. The molecule has 112 valence electrons. The van der Waals surface area contributed by atoms with Crippen molar-refractivity contribution in [3.63, 3.8) is 0 Å². The van der Waals surface area contributed by atoms with Crippen molar-refractivity contribution < 1.29 is 9.47 Å². The lowest BCUT2D eigenvalue weighted by atomic mass is 9.99. The van der Waals surface area contributed by atoms with Crippen LogP contribution in [0.3, 0.4) is 0 Å². The maximum Gasteiger partial charge on any atom is 0.161 e. The van der Waals surface area contributed by atoms with Crippen LogP contribution in [-0.2, 0) is 0 Å². The number of hydrogen-bond acceptors (Lipinski definition) is 3. The van der Waals surface area contributed by atoms with Crippen LogP contribution in [0.2, 0.25) is 0 Å². The highest BCUT2D eigenvalue weighted by atomic mass is 16.6. The van der Waals surface area contributed by atoms with Gasteiger partial charge in [0.25, 0.3) is 0 Å². The molecule has 0 bridgehead atoms. The average molecular weight is 277 g/mol. The molecule has 0 aromatic heterocycles. The molecule has 1 aromatic carbocycles. The largest absolute Gasteiger partial charge is 0.486 e. The summed E-state index contributed by atoms with van der Waals surface area (Å²) >= 11 is 0. The molecule has 0 spiro atoms. The average Bonchev–Trinajstić information content (AvgIpc) is 2.46. The predicted octanol–water partition coefficient (Wildman–Crippen LogP) is 3.93. The Balaban J connectivity index is 1.96. The number of fused-ring (bicyclic) bond motifs is 1. The fourth-order valence-corrected chi connectivity index (χ4v) is 2.69. The molecule has 0 saturated heterocycles. The Morgan fingerprint density at radius 2 is 1.80 bits per heavy atom. The number of ether oxygens (including phenoxy) is 2. The summed E-state index contributed by atoms with van der Waals surface area (Å²) in [5.41, 5.74) is 1.25. The zero-order valence-corrected chi connectivity index (χ0v) is 13.1. The lowest BCUT2D eigenvalue weighted by molar-refractivity contribution is 0.171. The Hall–Kier alpha value is -1.22. The van der Waals surface area contributed by atoms with Crippen molar-refractivity contribution in [2.45, 2.75) is 52.6 Å². The Bertz CT molecular complexity index is 433. The van der Waals surface area contributed by atoms with Gasteiger partial charge in [-0.15, -0.1) is 0 Å². The molecule has 2 rings (SSSR count). The summed E-state index contributed by atoms with van der Waals surface area (Å²) in [6.45, 7) is 10.3. The van der Waals surface area contributed by atoms with E-state index in [1.807, 2.05) is 6.07 Å². The van der Waals surface area contributed by atoms with E-state index >= 15 is 0 Å². The highest BCUT2D eigenvalue weighted by molar-refractivity contribution is 5.44. The molecule has 1 aliphatic rings. The molecule has 0 aliphatic carbocycles. The summed E-state index contributed by atoms with van der Waals surface area (Å²) in [7, 11) is 0. The first-order valence-corrected chi connectivity index (χ1v) is 7.75. The molecule has 1 aromatic rings. The van der Waals surface area contributed by atoms with E-state index in [0.717, 1.165) is 17.4 Å². The van der Waals surface area contributed by atoms with E-state index in [2.05, 4.69) is 45.1 Å². The van der Waals surface area contributed by atoms with Crippen molar-refractivity contribution in [3.8, 4) is 11.5 Å².